The number of carbonyl (C=O) groups is 4. The van der Waals surface area contributed by atoms with E-state index in [9.17, 15) is 19.2 Å². The molecule has 0 unspecified atom stereocenters. The first kappa shape index (κ1) is 18.5. The molecule has 1 fully saturated rings. The van der Waals surface area contributed by atoms with Gasteiger partial charge in [-0.2, -0.15) is 0 Å². The molecule has 11 heteroatoms. The van der Waals surface area contributed by atoms with E-state index in [1.165, 1.54) is 12.3 Å². The molecule has 0 aliphatic carbocycles. The van der Waals surface area contributed by atoms with Crippen LogP contribution in [0.25, 0.3) is 0 Å². The number of imide groups is 1. The third-order valence-electron chi connectivity index (χ3n) is 2.86. The molecule has 0 saturated carbocycles. The summed E-state index contributed by atoms with van der Waals surface area (Å²) in [6.45, 7) is -0.375. The zero-order valence-corrected chi connectivity index (χ0v) is 14.4. The molecule has 3 amide bonds. The third-order valence-corrected chi connectivity index (χ3v) is 4.41. The van der Waals surface area contributed by atoms with Crippen molar-refractivity contribution in [3.63, 3.8) is 0 Å². The van der Waals surface area contributed by atoms with E-state index in [2.05, 4.69) is 10.3 Å². The van der Waals surface area contributed by atoms with Crippen LogP contribution in [0.5, 0.6) is 0 Å². The Hall–Kier alpha value is -1.84. The number of hydrogen-bond donors (Lipinski definition) is 1. The minimum atomic E-state index is -0.780. The van der Waals surface area contributed by atoms with Gasteiger partial charge in [-0.15, -0.1) is 0 Å². The highest BCUT2D eigenvalue weighted by Gasteiger charge is 2.29. The minimum Gasteiger partial charge on any atom is -0.452 e. The largest absolute Gasteiger partial charge is 0.452 e. The second-order valence-corrected chi connectivity index (χ2v) is 6.21. The molecule has 0 aromatic carbocycles. The minimum absolute atomic E-state index is 0.0510. The van der Waals surface area contributed by atoms with Crippen molar-refractivity contribution in [1.82, 2.24) is 15.2 Å². The fourth-order valence-electron chi connectivity index (χ4n) is 1.70. The first-order chi connectivity index (χ1) is 11.4. The summed E-state index contributed by atoms with van der Waals surface area (Å²) in [7, 11) is 0. The van der Waals surface area contributed by atoms with E-state index in [1.54, 1.807) is 0 Å². The Balaban J connectivity index is 1.72. The Bertz CT molecular complexity index is 684. The predicted molar refractivity (Wildman–Crippen MR) is 87.1 cm³/mol. The fourth-order valence-corrected chi connectivity index (χ4v) is 2.72. The second-order valence-electron chi connectivity index (χ2n) is 4.52. The molecule has 8 nitrogen and oxygen atoms in total. The molecule has 1 aromatic heterocycles. The SMILES string of the molecule is O=C(COC(=O)c1cnc(Cl)c(Cl)c1)NCCN1C(=O)CSC1=O. The summed E-state index contributed by atoms with van der Waals surface area (Å²) in [6, 6.07) is 1.28. The maximum Gasteiger partial charge on any atom is 0.340 e. The van der Waals surface area contributed by atoms with Gasteiger partial charge in [-0.3, -0.25) is 19.3 Å². The molecule has 1 aliphatic heterocycles. The Morgan fingerprint density at radius 3 is 2.75 bits per heavy atom. The van der Waals surface area contributed by atoms with Crippen LogP contribution in [0.2, 0.25) is 10.2 Å². The molecule has 0 bridgehead atoms. The van der Waals surface area contributed by atoms with Crippen LogP contribution in [0, 0.1) is 0 Å². The highest BCUT2D eigenvalue weighted by molar-refractivity contribution is 8.14. The molecule has 1 aliphatic rings. The summed E-state index contributed by atoms with van der Waals surface area (Å²) in [5, 5.41) is 2.25. The van der Waals surface area contributed by atoms with Crippen LogP contribution < -0.4 is 5.32 Å². The first-order valence-corrected chi connectivity index (χ1v) is 8.34. The maximum atomic E-state index is 11.7. The normalized spacial score (nSPS) is 14.0. The zero-order chi connectivity index (χ0) is 17.7. The molecule has 1 saturated heterocycles. The molecule has 0 spiro atoms. The standard InChI is InChI=1S/C13H11Cl2N3O5S/c14-8-3-7(4-17-11(8)15)12(21)23-5-9(19)16-1-2-18-10(20)6-24-13(18)22/h3-4H,1-2,5-6H2,(H,16,19). The average Bonchev–Trinajstić information content (AvgIpc) is 2.87. The number of halogens is 2. The van der Waals surface area contributed by atoms with Gasteiger partial charge in [-0.1, -0.05) is 35.0 Å². The van der Waals surface area contributed by atoms with E-state index in [-0.39, 0.29) is 45.7 Å². The van der Waals surface area contributed by atoms with Gasteiger partial charge in [0.2, 0.25) is 5.91 Å². The lowest BCUT2D eigenvalue weighted by Gasteiger charge is -2.13. The number of ether oxygens (including phenoxy) is 1. The van der Waals surface area contributed by atoms with Gasteiger partial charge < -0.3 is 10.1 Å². The number of rotatable bonds is 6. The summed E-state index contributed by atoms with van der Waals surface area (Å²) in [4.78, 5) is 50.8. The molecule has 2 heterocycles. The molecule has 0 radical (unpaired) electrons. The molecular weight excluding hydrogens is 381 g/mol. The molecule has 24 heavy (non-hydrogen) atoms. The van der Waals surface area contributed by atoms with Crippen LogP contribution in [-0.4, -0.2) is 58.4 Å². The molecule has 128 valence electrons. The van der Waals surface area contributed by atoms with Crippen molar-refractivity contribution in [2.75, 3.05) is 25.4 Å². The Kier molecular flexibility index (Phi) is 6.41. The topological polar surface area (TPSA) is 106 Å². The van der Waals surface area contributed by atoms with Crippen LogP contribution in [0.15, 0.2) is 12.3 Å². The van der Waals surface area contributed by atoms with E-state index in [4.69, 9.17) is 27.9 Å². The number of thioether (sulfide) groups is 1. The lowest BCUT2D eigenvalue weighted by atomic mass is 10.3. The van der Waals surface area contributed by atoms with Crippen molar-refractivity contribution >= 4 is 58.0 Å². The van der Waals surface area contributed by atoms with Gasteiger partial charge in [0.15, 0.2) is 6.61 Å². The van der Waals surface area contributed by atoms with Crippen LogP contribution in [-0.2, 0) is 14.3 Å². The number of nitrogens with zero attached hydrogens (tertiary/aromatic N) is 2. The number of carbonyl (C=O) groups excluding carboxylic acids is 4. The summed E-state index contributed by atoms with van der Waals surface area (Å²) < 4.78 is 4.81. The number of hydrogen-bond acceptors (Lipinski definition) is 7. The van der Waals surface area contributed by atoms with Crippen molar-refractivity contribution < 1.29 is 23.9 Å². The van der Waals surface area contributed by atoms with E-state index in [0.29, 0.717) is 0 Å². The Labute approximate surface area is 150 Å². The van der Waals surface area contributed by atoms with E-state index < -0.39 is 18.5 Å². The molecule has 2 rings (SSSR count). The maximum absolute atomic E-state index is 11.7. The second kappa shape index (κ2) is 8.32. The van der Waals surface area contributed by atoms with E-state index in [1.807, 2.05) is 0 Å². The summed E-state index contributed by atoms with van der Waals surface area (Å²) >= 11 is 12.3. The lowest BCUT2D eigenvalue weighted by molar-refractivity contribution is -0.126. The van der Waals surface area contributed by atoms with Gasteiger partial charge in [0.25, 0.3) is 11.1 Å². The monoisotopic (exact) mass is 391 g/mol. The van der Waals surface area contributed by atoms with Crippen molar-refractivity contribution in [2.24, 2.45) is 0 Å². The van der Waals surface area contributed by atoms with Gasteiger partial charge >= 0.3 is 5.97 Å². The number of aromatic nitrogens is 1. The summed E-state index contributed by atoms with van der Waals surface area (Å²) in [5.41, 5.74) is 0.0579. The van der Waals surface area contributed by atoms with Crippen LogP contribution in [0.1, 0.15) is 10.4 Å². The van der Waals surface area contributed by atoms with Gasteiger partial charge in [0, 0.05) is 19.3 Å². The van der Waals surface area contributed by atoms with Crippen LogP contribution >= 0.6 is 35.0 Å². The van der Waals surface area contributed by atoms with E-state index >= 15 is 0 Å². The summed E-state index contributed by atoms with van der Waals surface area (Å²) in [5.74, 6) is -1.53. The Morgan fingerprint density at radius 1 is 1.38 bits per heavy atom. The van der Waals surface area contributed by atoms with Gasteiger partial charge in [0.05, 0.1) is 16.3 Å². The molecule has 1 N–H and O–H groups in total. The molecular formula is C13H11Cl2N3O5S. The number of pyridine rings is 1. The number of nitrogens with one attached hydrogen (secondary N) is 1. The van der Waals surface area contributed by atoms with Gasteiger partial charge in [-0.05, 0) is 6.07 Å². The van der Waals surface area contributed by atoms with Crippen molar-refractivity contribution in [3.8, 4) is 0 Å². The summed E-state index contributed by atoms with van der Waals surface area (Å²) in [6.07, 6.45) is 1.18. The van der Waals surface area contributed by atoms with Crippen LogP contribution in [0.4, 0.5) is 4.79 Å². The first-order valence-electron chi connectivity index (χ1n) is 6.60. The lowest BCUT2D eigenvalue weighted by Crippen LogP contribution is -2.38. The van der Waals surface area contributed by atoms with Crippen LogP contribution in [0.3, 0.4) is 0 Å². The number of esters is 1. The number of amides is 3. The van der Waals surface area contributed by atoms with Crippen molar-refractivity contribution in [2.45, 2.75) is 0 Å². The van der Waals surface area contributed by atoms with Crippen molar-refractivity contribution in [1.29, 1.82) is 0 Å². The smallest absolute Gasteiger partial charge is 0.340 e. The average molecular weight is 392 g/mol. The third kappa shape index (κ3) is 4.83. The molecule has 1 aromatic rings. The van der Waals surface area contributed by atoms with Gasteiger partial charge in [0.1, 0.15) is 5.15 Å². The predicted octanol–water partition coefficient (Wildman–Crippen LogP) is 1.36. The quantitative estimate of drug-likeness (QED) is 0.576. The highest BCUT2D eigenvalue weighted by atomic mass is 35.5. The van der Waals surface area contributed by atoms with Crippen molar-refractivity contribution in [3.05, 3.63) is 28.0 Å². The van der Waals surface area contributed by atoms with Gasteiger partial charge in [-0.25, -0.2) is 9.78 Å². The fraction of sp³-hybridized carbons (Fsp3) is 0.308. The highest BCUT2D eigenvalue weighted by Crippen LogP contribution is 2.20. The zero-order valence-electron chi connectivity index (χ0n) is 12.1. The van der Waals surface area contributed by atoms with E-state index in [0.717, 1.165) is 16.7 Å². The molecule has 0 atom stereocenters. The Morgan fingerprint density at radius 2 is 2.12 bits per heavy atom.